The molecule has 0 aliphatic rings. The summed E-state index contributed by atoms with van der Waals surface area (Å²) in [6, 6.07) is 0. The monoisotopic (exact) mass is 197 g/mol. The number of nitrogens with two attached hydrogens (primary N) is 1. The van der Waals surface area contributed by atoms with Crippen LogP contribution in [0.15, 0.2) is 12.2 Å². The molecule has 14 heavy (non-hydrogen) atoms. The van der Waals surface area contributed by atoms with Crippen molar-refractivity contribution in [2.45, 2.75) is 46.0 Å². The summed E-state index contributed by atoms with van der Waals surface area (Å²) in [6.07, 6.45) is 4.37. The van der Waals surface area contributed by atoms with Crippen LogP contribution in [0.4, 0.5) is 0 Å². The molecular weight excluding hydrogens is 174 g/mol. The Morgan fingerprint density at radius 1 is 1.43 bits per heavy atom. The molecule has 0 aromatic heterocycles. The molecule has 0 spiro atoms. The third-order valence-electron chi connectivity index (χ3n) is 2.48. The lowest BCUT2D eigenvalue weighted by molar-refractivity contribution is -0.118. The van der Waals surface area contributed by atoms with E-state index < -0.39 is 0 Å². The van der Waals surface area contributed by atoms with E-state index in [0.29, 0.717) is 24.5 Å². The molecule has 0 aliphatic carbocycles. The van der Waals surface area contributed by atoms with Gasteiger partial charge in [0.2, 0.25) is 0 Å². The molecule has 0 fully saturated rings. The van der Waals surface area contributed by atoms with Gasteiger partial charge < -0.3 is 5.73 Å². The first kappa shape index (κ1) is 13.4. The van der Waals surface area contributed by atoms with Crippen molar-refractivity contribution in [2.24, 2.45) is 11.7 Å². The summed E-state index contributed by atoms with van der Waals surface area (Å²) >= 11 is 0. The van der Waals surface area contributed by atoms with Gasteiger partial charge in [-0.15, -0.1) is 0 Å². The zero-order valence-corrected chi connectivity index (χ0v) is 9.51. The van der Waals surface area contributed by atoms with Gasteiger partial charge in [-0.2, -0.15) is 0 Å². The van der Waals surface area contributed by atoms with E-state index in [4.69, 9.17) is 5.73 Å². The maximum atomic E-state index is 11.4. The summed E-state index contributed by atoms with van der Waals surface area (Å²) < 4.78 is 0. The molecule has 0 heterocycles. The zero-order chi connectivity index (χ0) is 11.0. The normalized spacial score (nSPS) is 12.5. The van der Waals surface area contributed by atoms with Crippen molar-refractivity contribution in [1.29, 1.82) is 0 Å². The topological polar surface area (TPSA) is 43.1 Å². The Balaban J connectivity index is 3.67. The Morgan fingerprint density at radius 2 is 2.07 bits per heavy atom. The van der Waals surface area contributed by atoms with Crippen LogP contribution in [0.2, 0.25) is 0 Å². The predicted octanol–water partition coefficient (Wildman–Crippen LogP) is 2.68. The summed E-state index contributed by atoms with van der Waals surface area (Å²) in [4.78, 5) is 11.4. The number of carbonyl (C=O) groups excluding carboxylic acids is 1. The molecule has 0 aliphatic heterocycles. The molecule has 0 radical (unpaired) electrons. The summed E-state index contributed by atoms with van der Waals surface area (Å²) in [6.45, 7) is 8.52. The lowest BCUT2D eigenvalue weighted by Crippen LogP contribution is -2.10. The largest absolute Gasteiger partial charge is 0.330 e. The van der Waals surface area contributed by atoms with Crippen LogP contribution in [0.1, 0.15) is 46.0 Å². The maximum Gasteiger partial charge on any atom is 0.136 e. The van der Waals surface area contributed by atoms with Crippen molar-refractivity contribution in [3.8, 4) is 0 Å². The summed E-state index contributed by atoms with van der Waals surface area (Å²) in [5.74, 6) is 0.932. The van der Waals surface area contributed by atoms with Crippen molar-refractivity contribution in [1.82, 2.24) is 0 Å². The van der Waals surface area contributed by atoms with Gasteiger partial charge in [0.1, 0.15) is 5.78 Å². The van der Waals surface area contributed by atoms with E-state index in [0.717, 1.165) is 31.4 Å². The lowest BCUT2D eigenvalue weighted by atomic mass is 9.94. The minimum atomic E-state index is 0.313. The van der Waals surface area contributed by atoms with E-state index >= 15 is 0 Å². The van der Waals surface area contributed by atoms with Crippen molar-refractivity contribution < 1.29 is 4.79 Å². The van der Waals surface area contributed by atoms with Crippen molar-refractivity contribution in [3.63, 3.8) is 0 Å². The van der Waals surface area contributed by atoms with Crippen molar-refractivity contribution in [2.75, 3.05) is 6.54 Å². The highest BCUT2D eigenvalue weighted by Gasteiger charge is 2.08. The van der Waals surface area contributed by atoms with Crippen LogP contribution in [0.25, 0.3) is 0 Å². The number of hydrogen-bond donors (Lipinski definition) is 1. The Morgan fingerprint density at radius 3 is 2.50 bits per heavy atom. The van der Waals surface area contributed by atoms with Gasteiger partial charge in [-0.3, -0.25) is 4.79 Å². The van der Waals surface area contributed by atoms with Gasteiger partial charge in [0.15, 0.2) is 0 Å². The van der Waals surface area contributed by atoms with Crippen LogP contribution in [0.3, 0.4) is 0 Å². The highest BCUT2D eigenvalue weighted by Crippen LogP contribution is 2.15. The van der Waals surface area contributed by atoms with Crippen LogP contribution >= 0.6 is 0 Å². The lowest BCUT2D eigenvalue weighted by Gasteiger charge is -2.12. The molecule has 2 heteroatoms. The van der Waals surface area contributed by atoms with Crippen molar-refractivity contribution >= 4 is 5.78 Å². The molecular formula is C12H23NO. The minimum Gasteiger partial charge on any atom is -0.330 e. The molecule has 82 valence electrons. The quantitative estimate of drug-likeness (QED) is 0.608. The fourth-order valence-corrected chi connectivity index (χ4v) is 1.58. The van der Waals surface area contributed by atoms with E-state index in [2.05, 4.69) is 13.5 Å². The first-order chi connectivity index (χ1) is 6.60. The number of carbonyl (C=O) groups is 1. The fraction of sp³-hybridized carbons (Fsp3) is 0.750. The van der Waals surface area contributed by atoms with E-state index in [9.17, 15) is 4.79 Å². The Bertz CT molecular complexity index is 187. The van der Waals surface area contributed by atoms with Crippen LogP contribution in [-0.4, -0.2) is 12.3 Å². The second kappa shape index (κ2) is 7.74. The van der Waals surface area contributed by atoms with Crippen LogP contribution < -0.4 is 5.73 Å². The molecule has 0 amide bonds. The number of rotatable bonds is 8. The molecule has 0 saturated heterocycles. The number of Topliss-reactive ketones (excluding diaryl/α,β-unsaturated/α-hetero) is 1. The molecule has 2 nitrogen and oxygen atoms in total. The predicted molar refractivity (Wildman–Crippen MR) is 61.1 cm³/mol. The van der Waals surface area contributed by atoms with E-state index in [-0.39, 0.29) is 0 Å². The molecule has 1 unspecified atom stereocenters. The Kier molecular flexibility index (Phi) is 7.40. The minimum absolute atomic E-state index is 0.313. The third kappa shape index (κ3) is 6.84. The van der Waals surface area contributed by atoms with E-state index in [1.54, 1.807) is 0 Å². The van der Waals surface area contributed by atoms with Gasteiger partial charge in [0.25, 0.3) is 0 Å². The third-order valence-corrected chi connectivity index (χ3v) is 2.48. The highest BCUT2D eigenvalue weighted by molar-refractivity contribution is 5.80. The molecule has 2 N–H and O–H groups in total. The number of allylic oxidation sites excluding steroid dienone is 1. The second-order valence-electron chi connectivity index (χ2n) is 4.06. The standard InChI is InChI=1S/C12H23NO/c1-4-11(7-8-13)5-6-12(14)9-10(2)3/h11H,2,4-9,13H2,1,3H3. The van der Waals surface area contributed by atoms with E-state index in [1.165, 1.54) is 0 Å². The molecule has 0 aromatic rings. The maximum absolute atomic E-state index is 11.4. The van der Waals surface area contributed by atoms with Crippen LogP contribution in [0.5, 0.6) is 0 Å². The van der Waals surface area contributed by atoms with Gasteiger partial charge in [-0.25, -0.2) is 0 Å². The van der Waals surface area contributed by atoms with Crippen molar-refractivity contribution in [3.05, 3.63) is 12.2 Å². The Labute approximate surface area is 87.6 Å². The first-order valence-corrected chi connectivity index (χ1v) is 5.46. The smallest absolute Gasteiger partial charge is 0.136 e. The Hall–Kier alpha value is -0.630. The molecule has 1 atom stereocenters. The van der Waals surface area contributed by atoms with Crippen LogP contribution in [0, 0.1) is 5.92 Å². The van der Waals surface area contributed by atoms with Gasteiger partial charge >= 0.3 is 0 Å². The zero-order valence-electron chi connectivity index (χ0n) is 9.51. The van der Waals surface area contributed by atoms with Crippen LogP contribution in [-0.2, 0) is 4.79 Å². The number of hydrogen-bond acceptors (Lipinski definition) is 2. The highest BCUT2D eigenvalue weighted by atomic mass is 16.1. The van der Waals surface area contributed by atoms with E-state index in [1.807, 2.05) is 6.92 Å². The van der Waals surface area contributed by atoms with Gasteiger partial charge in [0, 0.05) is 12.8 Å². The SMILES string of the molecule is C=C(C)CC(=O)CCC(CC)CCN. The average molecular weight is 197 g/mol. The van der Waals surface area contributed by atoms with Gasteiger partial charge in [-0.1, -0.05) is 25.5 Å². The molecule has 0 rings (SSSR count). The number of ketones is 1. The molecule has 0 aromatic carbocycles. The first-order valence-electron chi connectivity index (χ1n) is 5.46. The molecule has 0 saturated carbocycles. The summed E-state index contributed by atoms with van der Waals surface area (Å²) in [5, 5.41) is 0. The molecule has 0 bridgehead atoms. The fourth-order valence-electron chi connectivity index (χ4n) is 1.58. The average Bonchev–Trinajstić information content (AvgIpc) is 2.11. The van der Waals surface area contributed by atoms with Gasteiger partial charge in [-0.05, 0) is 32.2 Å². The second-order valence-corrected chi connectivity index (χ2v) is 4.06. The summed E-state index contributed by atoms with van der Waals surface area (Å²) in [7, 11) is 0. The van der Waals surface area contributed by atoms with Gasteiger partial charge in [0.05, 0.1) is 0 Å². The summed E-state index contributed by atoms with van der Waals surface area (Å²) in [5.41, 5.74) is 6.45.